The van der Waals surface area contributed by atoms with Gasteiger partial charge in [-0.2, -0.15) is 0 Å². The number of hydrogen-bond acceptors (Lipinski definition) is 3. The molecule has 1 aliphatic carbocycles. The Labute approximate surface area is 129 Å². The Balaban J connectivity index is 2.14. The number of rotatable bonds is 2. The zero-order valence-corrected chi connectivity index (χ0v) is 12.8. The lowest BCUT2D eigenvalue weighted by molar-refractivity contribution is 0.0903. The number of aryl methyl sites for hydroxylation is 1. The second-order valence-corrected chi connectivity index (χ2v) is 6.16. The first kappa shape index (κ1) is 14.8. The number of pyridine rings is 1. The zero-order valence-electron chi connectivity index (χ0n) is 12.8. The van der Waals surface area contributed by atoms with Gasteiger partial charge in [-0.25, -0.2) is 0 Å². The van der Waals surface area contributed by atoms with E-state index in [1.54, 1.807) is 25.2 Å². The highest BCUT2D eigenvalue weighted by atomic mass is 16.3. The summed E-state index contributed by atoms with van der Waals surface area (Å²) in [7, 11) is 1.65. The molecular formula is C18H21NO3. The summed E-state index contributed by atoms with van der Waals surface area (Å²) in [6, 6.07) is 7.13. The van der Waals surface area contributed by atoms with Crippen LogP contribution in [0.2, 0.25) is 0 Å². The molecule has 1 aliphatic rings. The fourth-order valence-electron chi connectivity index (χ4n) is 3.45. The van der Waals surface area contributed by atoms with Gasteiger partial charge < -0.3 is 9.67 Å². The van der Waals surface area contributed by atoms with Crippen molar-refractivity contribution in [1.29, 1.82) is 0 Å². The van der Waals surface area contributed by atoms with Crippen molar-refractivity contribution >= 4 is 16.7 Å². The quantitative estimate of drug-likeness (QED) is 0.683. The fourth-order valence-corrected chi connectivity index (χ4v) is 3.45. The lowest BCUT2D eigenvalue weighted by atomic mass is 9.90. The minimum Gasteiger partial charge on any atom is -0.506 e. The molecule has 3 rings (SSSR count). The van der Waals surface area contributed by atoms with Crippen molar-refractivity contribution in [2.75, 3.05) is 0 Å². The second-order valence-electron chi connectivity index (χ2n) is 6.16. The Morgan fingerprint density at radius 2 is 1.77 bits per heavy atom. The van der Waals surface area contributed by atoms with Crippen LogP contribution in [-0.4, -0.2) is 15.5 Å². The first-order valence-corrected chi connectivity index (χ1v) is 7.96. The number of benzene rings is 1. The summed E-state index contributed by atoms with van der Waals surface area (Å²) < 4.78 is 1.46. The molecule has 22 heavy (non-hydrogen) atoms. The smallest absolute Gasteiger partial charge is 0.265 e. The van der Waals surface area contributed by atoms with Crippen LogP contribution in [0.15, 0.2) is 29.1 Å². The number of hydrogen-bond donors (Lipinski definition) is 1. The van der Waals surface area contributed by atoms with E-state index < -0.39 is 5.56 Å². The Kier molecular flexibility index (Phi) is 4.01. The Hall–Kier alpha value is -2.10. The van der Waals surface area contributed by atoms with E-state index in [1.165, 1.54) is 4.57 Å². The van der Waals surface area contributed by atoms with Gasteiger partial charge in [-0.15, -0.1) is 0 Å². The number of carbonyl (C=O) groups is 1. The average Bonchev–Trinajstić information content (AvgIpc) is 2.82. The van der Waals surface area contributed by atoms with Gasteiger partial charge in [0.25, 0.3) is 5.56 Å². The third kappa shape index (κ3) is 2.43. The number of para-hydroxylation sites is 1. The molecule has 4 heteroatoms. The van der Waals surface area contributed by atoms with Crippen molar-refractivity contribution in [2.45, 2.75) is 38.5 Å². The summed E-state index contributed by atoms with van der Waals surface area (Å²) in [5, 5.41) is 11.0. The fraction of sp³-hybridized carbons (Fsp3) is 0.444. The largest absolute Gasteiger partial charge is 0.506 e. The molecule has 0 radical (unpaired) electrons. The summed E-state index contributed by atoms with van der Waals surface area (Å²) in [4.78, 5) is 25.4. The number of carbonyl (C=O) groups excluding carboxylic acids is 1. The molecule has 1 aromatic carbocycles. The van der Waals surface area contributed by atoms with Crippen molar-refractivity contribution in [3.05, 3.63) is 40.2 Å². The number of fused-ring (bicyclic) bond motifs is 1. The molecule has 1 fully saturated rings. The monoisotopic (exact) mass is 299 g/mol. The lowest BCUT2D eigenvalue weighted by Gasteiger charge is -2.16. The molecule has 116 valence electrons. The minimum absolute atomic E-state index is 0.0342. The van der Waals surface area contributed by atoms with Crippen LogP contribution < -0.4 is 5.56 Å². The molecule has 1 aromatic heterocycles. The standard InChI is InChI=1S/C18H21NO3/c1-19-14-11-7-6-10-13(14)17(21)15(18(19)22)16(20)12-8-4-2-3-5-9-12/h6-7,10-12,21H,2-5,8-9H2,1H3. The van der Waals surface area contributed by atoms with E-state index in [2.05, 4.69) is 0 Å². The summed E-state index contributed by atoms with van der Waals surface area (Å²) in [5.74, 6) is -0.485. The molecule has 2 aromatic rings. The molecular weight excluding hydrogens is 278 g/mol. The predicted octanol–water partition coefficient (Wildman–Crippen LogP) is 3.40. The van der Waals surface area contributed by atoms with Crippen molar-refractivity contribution in [3.63, 3.8) is 0 Å². The van der Waals surface area contributed by atoms with Gasteiger partial charge in [-0.1, -0.05) is 37.8 Å². The van der Waals surface area contributed by atoms with Gasteiger partial charge >= 0.3 is 0 Å². The molecule has 0 atom stereocenters. The van der Waals surface area contributed by atoms with Gasteiger partial charge in [0.05, 0.1) is 5.52 Å². The van der Waals surface area contributed by atoms with E-state index >= 15 is 0 Å². The van der Waals surface area contributed by atoms with Gasteiger partial charge in [0.15, 0.2) is 5.78 Å². The lowest BCUT2D eigenvalue weighted by Crippen LogP contribution is -2.28. The van der Waals surface area contributed by atoms with Gasteiger partial charge in [0, 0.05) is 18.4 Å². The molecule has 0 unspecified atom stereocenters. The average molecular weight is 299 g/mol. The van der Waals surface area contributed by atoms with E-state index in [-0.39, 0.29) is 23.0 Å². The Morgan fingerprint density at radius 1 is 1.14 bits per heavy atom. The SMILES string of the molecule is Cn1c(=O)c(C(=O)C2CCCCCC2)c(O)c2ccccc21. The molecule has 0 aliphatic heterocycles. The van der Waals surface area contributed by atoms with Crippen LogP contribution >= 0.6 is 0 Å². The van der Waals surface area contributed by atoms with Gasteiger partial charge in [-0.05, 0) is 25.0 Å². The van der Waals surface area contributed by atoms with Crippen molar-refractivity contribution < 1.29 is 9.90 Å². The second kappa shape index (κ2) is 5.95. The van der Waals surface area contributed by atoms with Crippen LogP contribution in [0.4, 0.5) is 0 Å². The van der Waals surface area contributed by atoms with E-state index in [9.17, 15) is 14.7 Å². The van der Waals surface area contributed by atoms with Crippen molar-refractivity contribution in [2.24, 2.45) is 13.0 Å². The van der Waals surface area contributed by atoms with E-state index in [0.29, 0.717) is 10.9 Å². The van der Waals surface area contributed by atoms with Crippen LogP contribution in [0.1, 0.15) is 48.9 Å². The molecule has 0 amide bonds. The summed E-state index contributed by atoms with van der Waals surface area (Å²) >= 11 is 0. The highest BCUT2D eigenvalue weighted by molar-refractivity contribution is 6.04. The minimum atomic E-state index is -0.398. The van der Waals surface area contributed by atoms with Crippen molar-refractivity contribution in [3.8, 4) is 5.75 Å². The van der Waals surface area contributed by atoms with Gasteiger partial charge in [0.1, 0.15) is 11.3 Å². The van der Waals surface area contributed by atoms with Crippen LogP contribution in [0.5, 0.6) is 5.75 Å². The number of aromatic nitrogens is 1. The molecule has 4 nitrogen and oxygen atoms in total. The van der Waals surface area contributed by atoms with E-state index in [1.807, 2.05) is 6.07 Å². The molecule has 1 saturated carbocycles. The maximum Gasteiger partial charge on any atom is 0.265 e. The molecule has 1 N–H and O–H groups in total. The van der Waals surface area contributed by atoms with Gasteiger partial charge in [-0.3, -0.25) is 9.59 Å². The third-order valence-corrected chi connectivity index (χ3v) is 4.75. The number of nitrogens with zero attached hydrogens (tertiary/aromatic N) is 1. The Morgan fingerprint density at radius 3 is 2.45 bits per heavy atom. The summed E-state index contributed by atoms with van der Waals surface area (Å²) in [6.07, 6.45) is 5.95. The molecule has 0 saturated heterocycles. The van der Waals surface area contributed by atoms with Crippen LogP contribution in [0.25, 0.3) is 10.9 Å². The topological polar surface area (TPSA) is 59.3 Å². The van der Waals surface area contributed by atoms with E-state index in [4.69, 9.17) is 0 Å². The van der Waals surface area contributed by atoms with E-state index in [0.717, 1.165) is 38.5 Å². The molecule has 0 bridgehead atoms. The highest BCUT2D eigenvalue weighted by Crippen LogP contribution is 2.31. The van der Waals surface area contributed by atoms with Crippen molar-refractivity contribution in [1.82, 2.24) is 4.57 Å². The number of Topliss-reactive ketones (excluding diaryl/α,β-unsaturated/α-hetero) is 1. The van der Waals surface area contributed by atoms with Crippen LogP contribution in [0, 0.1) is 5.92 Å². The van der Waals surface area contributed by atoms with Gasteiger partial charge in [0.2, 0.25) is 0 Å². The highest BCUT2D eigenvalue weighted by Gasteiger charge is 2.28. The number of ketones is 1. The summed E-state index contributed by atoms with van der Waals surface area (Å²) in [6.45, 7) is 0. The first-order valence-electron chi connectivity index (χ1n) is 7.96. The third-order valence-electron chi connectivity index (χ3n) is 4.75. The van der Waals surface area contributed by atoms with Crippen LogP contribution in [0.3, 0.4) is 0 Å². The maximum atomic E-state index is 12.8. The zero-order chi connectivity index (χ0) is 15.7. The molecule has 0 spiro atoms. The normalized spacial score (nSPS) is 16.6. The first-order chi connectivity index (χ1) is 10.6. The molecule has 1 heterocycles. The maximum absolute atomic E-state index is 12.8. The summed E-state index contributed by atoms with van der Waals surface area (Å²) in [5.41, 5.74) is 0.209. The predicted molar refractivity (Wildman–Crippen MR) is 86.4 cm³/mol. The number of aromatic hydroxyl groups is 1. The van der Waals surface area contributed by atoms with Crippen LogP contribution in [-0.2, 0) is 7.05 Å². The Bertz CT molecular complexity index is 768.